The molecule has 0 aromatic heterocycles. The Morgan fingerprint density at radius 3 is 0.830 bits per heavy atom. The quantitative estimate of drug-likeness (QED) is 0.104. The van der Waals surface area contributed by atoms with Crippen LogP contribution >= 0.6 is 0 Å². The molecule has 13 heteroatoms. The molecule has 47 heavy (non-hydrogen) atoms. The third kappa shape index (κ3) is 68.0. The number of unbranched alkanes of at least 4 members (excludes halogenated alkanes) is 16. The summed E-state index contributed by atoms with van der Waals surface area (Å²) >= 11 is 0. The molecular weight excluding hydrogens is 656 g/mol. The van der Waals surface area contributed by atoms with Crippen LogP contribution in [0.4, 0.5) is 0 Å². The van der Waals surface area contributed by atoms with Crippen molar-refractivity contribution >= 4 is 11.9 Å². The molecule has 1 aliphatic rings. The van der Waals surface area contributed by atoms with Crippen LogP contribution in [0.3, 0.4) is 0 Å². The summed E-state index contributed by atoms with van der Waals surface area (Å²) in [5, 5.41) is 33.9. The minimum absolute atomic E-state index is 0. The summed E-state index contributed by atoms with van der Waals surface area (Å²) in [4.78, 5) is 20.2. The van der Waals surface area contributed by atoms with Gasteiger partial charge in [0.25, 0.3) is 0 Å². The van der Waals surface area contributed by atoms with Crippen molar-refractivity contribution in [3.63, 3.8) is 0 Å². The molecular formula is C34H78CuN4O8. The van der Waals surface area contributed by atoms with E-state index in [9.17, 15) is 19.8 Å². The van der Waals surface area contributed by atoms with Gasteiger partial charge in [0.15, 0.2) is 0 Å². The van der Waals surface area contributed by atoms with E-state index in [0.29, 0.717) is 0 Å². The molecule has 12 N–H and O–H groups in total. The minimum Gasteiger partial charge on any atom is -0.550 e. The molecule has 0 unspecified atom stereocenters. The third-order valence-electron chi connectivity index (χ3n) is 7.34. The number of carboxylic acids is 2. The number of hydrogen-bond acceptors (Lipinski definition) is 8. The summed E-state index contributed by atoms with van der Waals surface area (Å²) in [6, 6.07) is 0. The first kappa shape index (κ1) is 61.4. The van der Waals surface area contributed by atoms with Crippen LogP contribution in [0.1, 0.15) is 155 Å². The topological polar surface area (TPSA) is 254 Å². The zero-order valence-electron chi connectivity index (χ0n) is 30.1. The maximum Gasteiger partial charge on any atom is 2.00 e. The normalized spacial score (nSPS) is 13.3. The van der Waals surface area contributed by atoms with Gasteiger partial charge in [0.05, 0.1) is 0 Å². The van der Waals surface area contributed by atoms with Crippen LogP contribution in [0.25, 0.3) is 0 Å². The van der Waals surface area contributed by atoms with Crippen molar-refractivity contribution in [2.45, 2.75) is 155 Å². The van der Waals surface area contributed by atoms with Crippen molar-refractivity contribution in [1.29, 1.82) is 0 Å². The van der Waals surface area contributed by atoms with Crippen LogP contribution in [0, 0.1) is 0 Å². The van der Waals surface area contributed by atoms with Gasteiger partial charge < -0.3 is 63.0 Å². The van der Waals surface area contributed by atoms with E-state index in [0.717, 1.165) is 78.0 Å². The Labute approximate surface area is 298 Å². The molecule has 12 nitrogen and oxygen atoms in total. The number of nitrogens with one attached hydrogen (secondary N) is 4. The molecule has 0 aromatic rings. The van der Waals surface area contributed by atoms with Crippen LogP contribution in [0.5, 0.6) is 0 Å². The predicted octanol–water partition coefficient (Wildman–Crippen LogP) is 1.15. The summed E-state index contributed by atoms with van der Waals surface area (Å²) in [6.45, 7) is 13.3. The summed E-state index contributed by atoms with van der Waals surface area (Å²) in [7, 11) is 0. The fourth-order valence-electron chi connectivity index (χ4n) is 4.69. The van der Waals surface area contributed by atoms with Gasteiger partial charge in [0, 0.05) is 38.1 Å². The number of rotatable bonds is 20. The largest absolute Gasteiger partial charge is 2.00 e. The first-order valence-electron chi connectivity index (χ1n) is 17.8. The predicted molar refractivity (Wildman–Crippen MR) is 189 cm³/mol. The SMILES string of the molecule is C1CNCCNCCCNCCNC1.CCCCCCCCCCCC(=O)[O-].CCCCCCCCCCCC(=O)[O-].O.O.O.O.[Cu+2]. The molecule has 0 amide bonds. The van der Waals surface area contributed by atoms with Crippen LogP contribution < -0.4 is 31.5 Å². The maximum absolute atomic E-state index is 10.1. The van der Waals surface area contributed by atoms with Gasteiger partial charge in [-0.05, 0) is 64.7 Å². The summed E-state index contributed by atoms with van der Waals surface area (Å²) < 4.78 is 0. The molecule has 1 saturated heterocycles. The van der Waals surface area contributed by atoms with Crippen LogP contribution in [-0.2, 0) is 26.7 Å². The summed E-state index contributed by atoms with van der Waals surface area (Å²) in [5.74, 6) is -1.82. The van der Waals surface area contributed by atoms with Gasteiger partial charge in [-0.2, -0.15) is 0 Å². The van der Waals surface area contributed by atoms with Crippen molar-refractivity contribution < 1.29 is 58.8 Å². The van der Waals surface area contributed by atoms with Crippen LogP contribution in [0.2, 0.25) is 0 Å². The molecule has 0 spiro atoms. The first-order valence-corrected chi connectivity index (χ1v) is 17.8. The van der Waals surface area contributed by atoms with Gasteiger partial charge in [0.1, 0.15) is 0 Å². The molecule has 0 aromatic carbocycles. The zero-order chi connectivity index (χ0) is 31.2. The Bertz CT molecular complexity index is 471. The number of aliphatic carboxylic acids is 2. The number of carboxylic acid groups (broad SMARTS) is 2. The Morgan fingerprint density at radius 2 is 0.617 bits per heavy atom. The molecule has 0 aliphatic carbocycles. The van der Waals surface area contributed by atoms with Gasteiger partial charge in [-0.25, -0.2) is 0 Å². The van der Waals surface area contributed by atoms with Crippen LogP contribution in [0.15, 0.2) is 0 Å². The minimum atomic E-state index is -0.909. The fourth-order valence-corrected chi connectivity index (χ4v) is 4.69. The van der Waals surface area contributed by atoms with E-state index >= 15 is 0 Å². The molecule has 1 radical (unpaired) electrons. The number of carbonyl (C=O) groups is 2. The average molecular weight is 735 g/mol. The monoisotopic (exact) mass is 734 g/mol. The molecule has 0 saturated carbocycles. The average Bonchev–Trinajstić information content (AvgIpc) is 2.97. The first-order chi connectivity index (χ1) is 20.5. The Morgan fingerprint density at radius 1 is 0.404 bits per heavy atom. The van der Waals surface area contributed by atoms with E-state index in [4.69, 9.17) is 0 Å². The Hall–Kier alpha value is -0.861. The van der Waals surface area contributed by atoms with E-state index < -0.39 is 11.9 Å². The zero-order valence-corrected chi connectivity index (χ0v) is 31.1. The van der Waals surface area contributed by atoms with E-state index in [1.54, 1.807) is 0 Å². The molecule has 1 aliphatic heterocycles. The second-order valence-electron chi connectivity index (χ2n) is 11.6. The summed E-state index contributed by atoms with van der Waals surface area (Å²) in [5.41, 5.74) is 0. The van der Waals surface area contributed by atoms with Gasteiger partial charge in [-0.15, -0.1) is 0 Å². The van der Waals surface area contributed by atoms with Gasteiger partial charge in [0.2, 0.25) is 0 Å². The molecule has 293 valence electrons. The Balaban J connectivity index is -0.0000000970. The molecule has 0 bridgehead atoms. The van der Waals surface area contributed by atoms with E-state index in [1.807, 2.05) is 0 Å². The van der Waals surface area contributed by atoms with Crippen molar-refractivity contribution in [1.82, 2.24) is 21.3 Å². The van der Waals surface area contributed by atoms with Crippen LogP contribution in [-0.4, -0.2) is 86.2 Å². The van der Waals surface area contributed by atoms with E-state index in [2.05, 4.69) is 35.1 Å². The van der Waals surface area contributed by atoms with E-state index in [1.165, 1.54) is 103 Å². The van der Waals surface area contributed by atoms with Crippen molar-refractivity contribution in [2.24, 2.45) is 0 Å². The molecule has 1 heterocycles. The smallest absolute Gasteiger partial charge is 0.550 e. The molecule has 1 rings (SSSR count). The second-order valence-corrected chi connectivity index (χ2v) is 11.6. The Kier molecular flexibility index (Phi) is 75.0. The number of hydrogen-bond donors (Lipinski definition) is 4. The van der Waals surface area contributed by atoms with Crippen molar-refractivity contribution in [3.8, 4) is 0 Å². The maximum atomic E-state index is 10.1. The fraction of sp³-hybridized carbons (Fsp3) is 0.941. The van der Waals surface area contributed by atoms with Gasteiger partial charge in [-0.1, -0.05) is 117 Å². The van der Waals surface area contributed by atoms with E-state index in [-0.39, 0.29) is 51.8 Å². The standard InChI is InChI=1S/2C12H24O2.C10H24N4.Cu.4H2O/c2*1-2-3-4-5-6-7-8-9-10-11-12(13)14;1-3-11-7-9-13-5-2-6-14-10-8-12-4-1;;;;;/h2*2-11H2,1H3,(H,13,14);11-14H,1-10H2;;4*1H2/q;;;+2;;;;/p-2. The summed E-state index contributed by atoms with van der Waals surface area (Å²) in [6.07, 6.45) is 24.8. The second kappa shape index (κ2) is 57.4. The third-order valence-corrected chi connectivity index (χ3v) is 7.34. The molecule has 0 atom stereocenters. The van der Waals surface area contributed by atoms with Gasteiger partial charge in [-0.3, -0.25) is 0 Å². The molecule has 1 fully saturated rings. The van der Waals surface area contributed by atoms with Crippen molar-refractivity contribution in [2.75, 3.05) is 52.4 Å². The number of carbonyl (C=O) groups excluding carboxylic acids is 2. The van der Waals surface area contributed by atoms with Gasteiger partial charge >= 0.3 is 17.1 Å². The van der Waals surface area contributed by atoms with Crippen molar-refractivity contribution in [3.05, 3.63) is 0 Å².